The van der Waals surface area contributed by atoms with Gasteiger partial charge in [-0.05, 0) is 42.8 Å². The molecule has 198 valence electrons. The van der Waals surface area contributed by atoms with E-state index in [1.165, 1.54) is 35.1 Å². The van der Waals surface area contributed by atoms with Gasteiger partial charge in [-0.2, -0.15) is 4.31 Å². The Morgan fingerprint density at radius 1 is 1.03 bits per heavy atom. The van der Waals surface area contributed by atoms with Crippen LogP contribution >= 0.6 is 27.7 Å². The number of amides is 1. The molecule has 0 atom stereocenters. The Kier molecular flexibility index (Phi) is 10.4. The minimum absolute atomic E-state index is 0.0807. The smallest absolute Gasteiger partial charge is 0.243 e. The average molecular weight is 609 g/mol. The number of nitrogens with zero attached hydrogens (tertiary/aromatic N) is 4. The molecule has 0 unspecified atom stereocenters. The normalized spacial score (nSPS) is 11.6. The first-order valence-corrected chi connectivity index (χ1v) is 15.1. The average Bonchev–Trinajstić information content (AvgIpc) is 3.28. The first-order valence-electron chi connectivity index (χ1n) is 11.9. The van der Waals surface area contributed by atoms with Crippen LogP contribution in [0.4, 0.5) is 0 Å². The van der Waals surface area contributed by atoms with Gasteiger partial charge >= 0.3 is 0 Å². The van der Waals surface area contributed by atoms with Crippen LogP contribution < -0.4 is 5.32 Å². The van der Waals surface area contributed by atoms with E-state index in [0.717, 1.165) is 16.0 Å². The SMILES string of the molecule is CCN(CC)S(=O)(=O)c1ccc(C(=O)CSc2nnc(CCCNC(C)=O)n2-c2ccc(Br)cc2)cc1. The molecule has 0 bridgehead atoms. The Morgan fingerprint density at radius 2 is 1.68 bits per heavy atom. The summed E-state index contributed by atoms with van der Waals surface area (Å²) in [6, 6.07) is 13.8. The van der Waals surface area contributed by atoms with Crippen molar-refractivity contribution in [2.45, 2.75) is 43.7 Å². The number of aryl methyl sites for hydroxylation is 1. The molecule has 1 N–H and O–H groups in total. The van der Waals surface area contributed by atoms with Gasteiger partial charge in [-0.25, -0.2) is 8.42 Å². The maximum Gasteiger partial charge on any atom is 0.243 e. The lowest BCUT2D eigenvalue weighted by molar-refractivity contribution is -0.118. The first-order chi connectivity index (χ1) is 17.7. The fourth-order valence-corrected chi connectivity index (χ4v) is 6.24. The molecule has 0 fully saturated rings. The van der Waals surface area contributed by atoms with Crippen molar-refractivity contribution in [1.29, 1.82) is 0 Å². The molecule has 1 aromatic heterocycles. The molecule has 12 heteroatoms. The van der Waals surface area contributed by atoms with E-state index in [0.29, 0.717) is 43.2 Å². The Bertz CT molecular complexity index is 1320. The summed E-state index contributed by atoms with van der Waals surface area (Å²) in [5, 5.41) is 12.0. The standard InChI is InChI=1S/C25H30BrN5O4S2/c1-4-30(5-2)37(34,35)22-14-8-19(9-15-22)23(33)17-36-25-29-28-24(7-6-16-27-18(3)32)31(25)21-12-10-20(26)11-13-21/h8-15H,4-7,16-17H2,1-3H3,(H,27,32). The number of nitrogens with one attached hydrogen (secondary N) is 1. The van der Waals surface area contributed by atoms with Gasteiger partial charge in [0.25, 0.3) is 0 Å². The van der Waals surface area contributed by atoms with E-state index in [1.807, 2.05) is 28.8 Å². The quantitative estimate of drug-likeness (QED) is 0.177. The van der Waals surface area contributed by atoms with Crippen LogP contribution in [0.15, 0.2) is 63.1 Å². The van der Waals surface area contributed by atoms with Crippen LogP contribution in [0.5, 0.6) is 0 Å². The van der Waals surface area contributed by atoms with E-state index in [2.05, 4.69) is 31.4 Å². The van der Waals surface area contributed by atoms with Gasteiger partial charge in [-0.15, -0.1) is 10.2 Å². The predicted octanol–water partition coefficient (Wildman–Crippen LogP) is 4.10. The summed E-state index contributed by atoms with van der Waals surface area (Å²) in [6.07, 6.45) is 1.29. The van der Waals surface area contributed by atoms with Crippen molar-refractivity contribution in [3.05, 3.63) is 64.4 Å². The third kappa shape index (κ3) is 7.50. The van der Waals surface area contributed by atoms with Gasteiger partial charge in [0.05, 0.1) is 10.6 Å². The number of thioether (sulfide) groups is 1. The minimum Gasteiger partial charge on any atom is -0.356 e. The molecule has 0 aliphatic heterocycles. The van der Waals surface area contributed by atoms with Gasteiger partial charge in [0, 0.05) is 48.7 Å². The molecule has 0 spiro atoms. The predicted molar refractivity (Wildman–Crippen MR) is 148 cm³/mol. The van der Waals surface area contributed by atoms with Crippen molar-refractivity contribution in [3.63, 3.8) is 0 Å². The summed E-state index contributed by atoms with van der Waals surface area (Å²) in [6.45, 7) is 6.35. The lowest BCUT2D eigenvalue weighted by atomic mass is 10.1. The zero-order valence-corrected chi connectivity index (χ0v) is 24.2. The zero-order valence-electron chi connectivity index (χ0n) is 21.0. The summed E-state index contributed by atoms with van der Waals surface area (Å²) < 4.78 is 29.6. The number of benzene rings is 2. The van der Waals surface area contributed by atoms with Crippen molar-refractivity contribution in [2.75, 3.05) is 25.4 Å². The third-order valence-electron chi connectivity index (χ3n) is 5.59. The fourth-order valence-electron chi connectivity index (χ4n) is 3.65. The lowest BCUT2D eigenvalue weighted by Crippen LogP contribution is -2.30. The van der Waals surface area contributed by atoms with Crippen LogP contribution in [0.25, 0.3) is 5.69 Å². The third-order valence-corrected chi connectivity index (χ3v) is 9.11. The molecule has 0 saturated carbocycles. The highest BCUT2D eigenvalue weighted by atomic mass is 79.9. The topological polar surface area (TPSA) is 114 Å². The molecule has 1 amide bonds. The van der Waals surface area contributed by atoms with Crippen molar-refractivity contribution in [3.8, 4) is 5.69 Å². The monoisotopic (exact) mass is 607 g/mol. The highest BCUT2D eigenvalue weighted by Gasteiger charge is 2.22. The Labute approximate surface area is 230 Å². The molecule has 0 aliphatic carbocycles. The Balaban J connectivity index is 1.75. The van der Waals surface area contributed by atoms with Crippen molar-refractivity contribution in [2.24, 2.45) is 0 Å². The molecule has 0 saturated heterocycles. The number of carbonyl (C=O) groups is 2. The van der Waals surface area contributed by atoms with Crippen molar-refractivity contribution >= 4 is 49.4 Å². The second kappa shape index (κ2) is 13.3. The lowest BCUT2D eigenvalue weighted by Gasteiger charge is -2.18. The molecule has 3 aromatic rings. The number of sulfonamides is 1. The van der Waals surface area contributed by atoms with Crippen LogP contribution in [-0.4, -0.2) is 64.6 Å². The van der Waals surface area contributed by atoms with Gasteiger partial charge < -0.3 is 5.32 Å². The molecule has 9 nitrogen and oxygen atoms in total. The van der Waals surface area contributed by atoms with Crippen molar-refractivity contribution < 1.29 is 18.0 Å². The van der Waals surface area contributed by atoms with Gasteiger partial charge in [0.1, 0.15) is 5.82 Å². The van der Waals surface area contributed by atoms with E-state index in [9.17, 15) is 18.0 Å². The largest absolute Gasteiger partial charge is 0.356 e. The van der Waals surface area contributed by atoms with E-state index in [1.54, 1.807) is 26.0 Å². The van der Waals surface area contributed by atoms with Gasteiger partial charge in [-0.1, -0.05) is 53.7 Å². The number of hydrogen-bond acceptors (Lipinski definition) is 7. The molecule has 2 aromatic carbocycles. The minimum atomic E-state index is -3.58. The second-order valence-electron chi connectivity index (χ2n) is 8.12. The first kappa shape index (κ1) is 29.0. The Morgan fingerprint density at radius 3 is 2.27 bits per heavy atom. The number of rotatable bonds is 13. The number of hydrogen-bond donors (Lipinski definition) is 1. The second-order valence-corrected chi connectivity index (χ2v) is 11.9. The number of halogens is 1. The van der Waals surface area contributed by atoms with Gasteiger partial charge in [0.2, 0.25) is 15.9 Å². The molecule has 37 heavy (non-hydrogen) atoms. The molecule has 0 aliphatic rings. The maximum absolute atomic E-state index is 12.9. The Hall–Kier alpha value is -2.54. The van der Waals surface area contributed by atoms with E-state index in [-0.39, 0.29) is 22.3 Å². The zero-order chi connectivity index (χ0) is 27.0. The molecular weight excluding hydrogens is 578 g/mol. The summed E-state index contributed by atoms with van der Waals surface area (Å²) in [4.78, 5) is 24.2. The molecule has 1 heterocycles. The van der Waals surface area contributed by atoms with Crippen molar-refractivity contribution in [1.82, 2.24) is 24.4 Å². The van der Waals surface area contributed by atoms with Crippen LogP contribution in [0.3, 0.4) is 0 Å². The summed E-state index contributed by atoms with van der Waals surface area (Å²) in [5.74, 6) is 0.619. The highest BCUT2D eigenvalue weighted by molar-refractivity contribution is 9.10. The van der Waals surface area contributed by atoms with Crippen LogP contribution in [0, 0.1) is 0 Å². The van der Waals surface area contributed by atoms with Gasteiger partial charge in [-0.3, -0.25) is 14.2 Å². The maximum atomic E-state index is 12.9. The molecular formula is C25H30BrN5O4S2. The number of carbonyl (C=O) groups excluding carboxylic acids is 2. The number of ketones is 1. The van der Waals surface area contributed by atoms with E-state index in [4.69, 9.17) is 0 Å². The molecule has 3 rings (SSSR count). The summed E-state index contributed by atoms with van der Waals surface area (Å²) >= 11 is 4.72. The van der Waals surface area contributed by atoms with E-state index < -0.39 is 10.0 Å². The highest BCUT2D eigenvalue weighted by Crippen LogP contribution is 2.25. The van der Waals surface area contributed by atoms with Gasteiger partial charge in [0.15, 0.2) is 10.9 Å². The number of aromatic nitrogens is 3. The summed E-state index contributed by atoms with van der Waals surface area (Å²) in [7, 11) is -3.58. The van der Waals surface area contributed by atoms with Crippen LogP contribution in [-0.2, 0) is 21.2 Å². The summed E-state index contributed by atoms with van der Waals surface area (Å²) in [5.41, 5.74) is 1.29. The van der Waals surface area contributed by atoms with E-state index >= 15 is 0 Å². The van der Waals surface area contributed by atoms with Crippen LogP contribution in [0.1, 0.15) is 43.4 Å². The number of Topliss-reactive ketones (excluding diaryl/α,β-unsaturated/α-hetero) is 1. The fraction of sp³-hybridized carbons (Fsp3) is 0.360. The molecule has 0 radical (unpaired) electrons. The van der Waals surface area contributed by atoms with Crippen LogP contribution in [0.2, 0.25) is 0 Å².